The summed E-state index contributed by atoms with van der Waals surface area (Å²) in [5.74, 6) is -4.93. The zero-order valence-electron chi connectivity index (χ0n) is 14.5. The van der Waals surface area contributed by atoms with Crippen molar-refractivity contribution in [3.8, 4) is 0 Å². The van der Waals surface area contributed by atoms with Gasteiger partial charge in [-0.15, -0.1) is 0 Å². The van der Waals surface area contributed by atoms with Crippen LogP contribution in [0, 0.1) is 17.8 Å². The first-order valence-corrected chi connectivity index (χ1v) is 7.96. The van der Waals surface area contributed by atoms with Crippen molar-refractivity contribution >= 4 is 23.8 Å². The number of esters is 2. The van der Waals surface area contributed by atoms with E-state index in [-0.39, 0.29) is 6.42 Å². The predicted octanol–water partition coefficient (Wildman–Crippen LogP) is 1.62. The minimum atomic E-state index is -1.61. The van der Waals surface area contributed by atoms with Crippen LogP contribution in [-0.2, 0) is 23.9 Å². The number of Topliss-reactive ketones (excluding diaryl/α,β-unsaturated/α-hetero) is 1. The summed E-state index contributed by atoms with van der Waals surface area (Å²) in [4.78, 5) is 36.9. The molecule has 0 bridgehead atoms. The Bertz CT molecular complexity index is 676. The highest BCUT2D eigenvalue weighted by molar-refractivity contribution is 6.02. The van der Waals surface area contributed by atoms with E-state index in [4.69, 9.17) is 9.47 Å². The fourth-order valence-corrected chi connectivity index (χ4v) is 3.36. The van der Waals surface area contributed by atoms with Crippen molar-refractivity contribution in [2.45, 2.75) is 18.9 Å². The minimum Gasteiger partial charge on any atom is -0.469 e. The summed E-state index contributed by atoms with van der Waals surface area (Å²) in [6, 6.07) is 9.24. The lowest BCUT2D eigenvalue weighted by Gasteiger charge is -2.42. The summed E-state index contributed by atoms with van der Waals surface area (Å²) < 4.78 is 9.55. The van der Waals surface area contributed by atoms with Crippen molar-refractivity contribution in [1.29, 1.82) is 0 Å². The molecule has 1 aromatic carbocycles. The number of ether oxygens (including phenoxy) is 2. The standard InChI is InChI=1S/C19H22O6/c1-19(23)11-14(20)15(17(21)24-2)13(16(19)18(22)25-3)10-9-12-7-5-4-6-8-12/h4-10,13,15-16,23H,11H2,1-3H3/b10-9+/t13-,15-,16-,19-/m1/s1. The molecule has 1 fully saturated rings. The molecule has 0 radical (unpaired) electrons. The van der Waals surface area contributed by atoms with Gasteiger partial charge in [0.05, 0.1) is 25.7 Å². The zero-order valence-corrected chi connectivity index (χ0v) is 14.5. The number of benzene rings is 1. The second kappa shape index (κ2) is 7.61. The second-order valence-corrected chi connectivity index (χ2v) is 6.35. The largest absolute Gasteiger partial charge is 0.469 e. The Kier molecular flexibility index (Phi) is 5.74. The predicted molar refractivity (Wildman–Crippen MR) is 90.2 cm³/mol. The molecular weight excluding hydrogens is 324 g/mol. The first-order valence-electron chi connectivity index (χ1n) is 7.96. The van der Waals surface area contributed by atoms with E-state index in [0.29, 0.717) is 0 Å². The number of aliphatic hydroxyl groups is 1. The maximum Gasteiger partial charge on any atom is 0.316 e. The molecule has 25 heavy (non-hydrogen) atoms. The van der Waals surface area contributed by atoms with E-state index < -0.39 is 41.1 Å². The van der Waals surface area contributed by atoms with Crippen LogP contribution in [0.5, 0.6) is 0 Å². The molecule has 1 saturated carbocycles. The third kappa shape index (κ3) is 3.96. The zero-order chi connectivity index (χ0) is 18.6. The van der Waals surface area contributed by atoms with Gasteiger partial charge >= 0.3 is 11.9 Å². The summed E-state index contributed by atoms with van der Waals surface area (Å²) >= 11 is 0. The van der Waals surface area contributed by atoms with E-state index in [1.165, 1.54) is 21.1 Å². The maximum atomic E-state index is 12.4. The molecular formula is C19H22O6. The first-order chi connectivity index (χ1) is 11.8. The summed E-state index contributed by atoms with van der Waals surface area (Å²) in [5, 5.41) is 10.6. The van der Waals surface area contributed by atoms with Crippen molar-refractivity contribution < 1.29 is 29.0 Å². The molecule has 4 atom stereocenters. The monoisotopic (exact) mass is 346 g/mol. The van der Waals surface area contributed by atoms with Crippen molar-refractivity contribution in [2.75, 3.05) is 14.2 Å². The van der Waals surface area contributed by atoms with Gasteiger partial charge < -0.3 is 14.6 Å². The Hall–Kier alpha value is -2.47. The average Bonchev–Trinajstić information content (AvgIpc) is 2.58. The highest BCUT2D eigenvalue weighted by atomic mass is 16.5. The lowest BCUT2D eigenvalue weighted by molar-refractivity contribution is -0.172. The molecule has 0 aromatic heterocycles. The van der Waals surface area contributed by atoms with Gasteiger partial charge in [-0.2, -0.15) is 0 Å². The molecule has 6 heteroatoms. The van der Waals surface area contributed by atoms with Gasteiger partial charge in [0.2, 0.25) is 0 Å². The van der Waals surface area contributed by atoms with E-state index >= 15 is 0 Å². The van der Waals surface area contributed by atoms with Crippen LogP contribution in [-0.4, -0.2) is 42.6 Å². The molecule has 0 aliphatic heterocycles. The third-order valence-electron chi connectivity index (χ3n) is 4.54. The molecule has 6 nitrogen and oxygen atoms in total. The van der Waals surface area contributed by atoms with Crippen LogP contribution in [0.3, 0.4) is 0 Å². The number of rotatable bonds is 4. The number of ketones is 1. The SMILES string of the molecule is COC(=O)[C@H]1C(=O)C[C@@](C)(O)[C@@H](C(=O)OC)[C@@H]1/C=C/c1ccccc1. The van der Waals surface area contributed by atoms with E-state index in [1.807, 2.05) is 30.3 Å². The van der Waals surface area contributed by atoms with Gasteiger partial charge in [0.15, 0.2) is 5.78 Å². The Labute approximate surface area is 146 Å². The number of allylic oxidation sites excluding steroid dienone is 1. The van der Waals surface area contributed by atoms with Crippen LogP contribution in [0.15, 0.2) is 36.4 Å². The number of hydrogen-bond acceptors (Lipinski definition) is 6. The lowest BCUT2D eigenvalue weighted by Crippen LogP contribution is -2.55. The quantitative estimate of drug-likeness (QED) is 0.658. The number of methoxy groups -OCH3 is 2. The number of hydrogen-bond donors (Lipinski definition) is 1. The molecule has 0 saturated heterocycles. The van der Waals surface area contributed by atoms with Crippen LogP contribution in [0.4, 0.5) is 0 Å². The molecule has 1 N–H and O–H groups in total. The fraction of sp³-hybridized carbons (Fsp3) is 0.421. The van der Waals surface area contributed by atoms with Gasteiger partial charge in [0.25, 0.3) is 0 Å². The van der Waals surface area contributed by atoms with Crippen molar-refractivity contribution in [3.05, 3.63) is 42.0 Å². The first kappa shape index (κ1) is 18.9. The molecule has 0 unspecified atom stereocenters. The smallest absolute Gasteiger partial charge is 0.316 e. The van der Waals surface area contributed by atoms with Gasteiger partial charge in [-0.3, -0.25) is 14.4 Å². The van der Waals surface area contributed by atoms with Crippen LogP contribution < -0.4 is 0 Å². The number of carbonyl (C=O) groups is 3. The highest BCUT2D eigenvalue weighted by Crippen LogP contribution is 2.42. The molecule has 1 aliphatic rings. The molecule has 0 amide bonds. The second-order valence-electron chi connectivity index (χ2n) is 6.35. The summed E-state index contributed by atoms with van der Waals surface area (Å²) in [7, 11) is 2.40. The molecule has 0 spiro atoms. The molecule has 0 heterocycles. The molecule has 1 aliphatic carbocycles. The van der Waals surface area contributed by atoms with Crippen LogP contribution in [0.1, 0.15) is 18.9 Å². The Morgan fingerprint density at radius 2 is 1.76 bits per heavy atom. The average molecular weight is 346 g/mol. The normalized spacial score (nSPS) is 29.4. The van der Waals surface area contributed by atoms with Crippen molar-refractivity contribution in [1.82, 2.24) is 0 Å². The van der Waals surface area contributed by atoms with E-state index in [9.17, 15) is 19.5 Å². The van der Waals surface area contributed by atoms with Gasteiger partial charge in [0, 0.05) is 12.3 Å². The third-order valence-corrected chi connectivity index (χ3v) is 4.54. The van der Waals surface area contributed by atoms with Crippen LogP contribution in [0.25, 0.3) is 6.08 Å². The Morgan fingerprint density at radius 3 is 2.32 bits per heavy atom. The summed E-state index contributed by atoms with van der Waals surface area (Å²) in [5.41, 5.74) is -0.771. The number of carbonyl (C=O) groups excluding carboxylic acids is 3. The highest BCUT2D eigenvalue weighted by Gasteiger charge is 2.55. The Balaban J connectivity index is 2.49. The molecule has 1 aromatic rings. The van der Waals surface area contributed by atoms with Crippen LogP contribution in [0.2, 0.25) is 0 Å². The van der Waals surface area contributed by atoms with E-state index in [2.05, 4.69) is 0 Å². The van der Waals surface area contributed by atoms with E-state index in [0.717, 1.165) is 5.56 Å². The van der Waals surface area contributed by atoms with Gasteiger partial charge in [-0.05, 0) is 12.5 Å². The van der Waals surface area contributed by atoms with Crippen LogP contribution >= 0.6 is 0 Å². The topological polar surface area (TPSA) is 89.9 Å². The van der Waals surface area contributed by atoms with E-state index in [1.54, 1.807) is 12.2 Å². The van der Waals surface area contributed by atoms with Crippen molar-refractivity contribution in [2.24, 2.45) is 17.8 Å². The lowest BCUT2D eigenvalue weighted by atomic mass is 9.63. The summed E-state index contributed by atoms with van der Waals surface area (Å²) in [6.45, 7) is 1.41. The molecule has 134 valence electrons. The summed E-state index contributed by atoms with van der Waals surface area (Å²) in [6.07, 6.45) is 3.00. The Morgan fingerprint density at radius 1 is 1.16 bits per heavy atom. The van der Waals surface area contributed by atoms with Gasteiger partial charge in [-0.25, -0.2) is 0 Å². The fourth-order valence-electron chi connectivity index (χ4n) is 3.36. The van der Waals surface area contributed by atoms with Gasteiger partial charge in [-0.1, -0.05) is 42.5 Å². The van der Waals surface area contributed by atoms with Crippen molar-refractivity contribution in [3.63, 3.8) is 0 Å². The minimum absolute atomic E-state index is 0.317. The van der Waals surface area contributed by atoms with Gasteiger partial charge in [0.1, 0.15) is 5.92 Å². The molecule has 2 rings (SSSR count). The maximum absolute atomic E-state index is 12.4.